The van der Waals surface area contributed by atoms with Crippen molar-refractivity contribution >= 4 is 23.2 Å². The summed E-state index contributed by atoms with van der Waals surface area (Å²) in [6, 6.07) is 18.0. The highest BCUT2D eigenvalue weighted by molar-refractivity contribution is 6.36. The van der Waals surface area contributed by atoms with Crippen molar-refractivity contribution in [2.24, 2.45) is 0 Å². The number of benzene rings is 2. The van der Waals surface area contributed by atoms with Crippen LogP contribution >= 0.6 is 0 Å². The largest absolute Gasteiger partial charge is 0.297 e. The summed E-state index contributed by atoms with van der Waals surface area (Å²) in [4.78, 5) is 29.1. The number of hydrogen-bond acceptors (Lipinski definition) is 3. The summed E-state index contributed by atoms with van der Waals surface area (Å²) < 4.78 is 0. The maximum absolute atomic E-state index is 13.8. The van der Waals surface area contributed by atoms with E-state index in [9.17, 15) is 9.59 Å². The van der Waals surface area contributed by atoms with Crippen LogP contribution in [-0.2, 0) is 16.0 Å². The first-order valence-corrected chi connectivity index (χ1v) is 10.0. The fourth-order valence-electron chi connectivity index (χ4n) is 4.41. The summed E-state index contributed by atoms with van der Waals surface area (Å²) in [5.41, 5.74) is 4.22. The third kappa shape index (κ3) is 3.12. The van der Waals surface area contributed by atoms with Crippen LogP contribution < -0.4 is 0 Å². The van der Waals surface area contributed by atoms with E-state index >= 15 is 0 Å². The highest BCUT2D eigenvalue weighted by atomic mass is 16.2. The Hall–Kier alpha value is -3.04. The summed E-state index contributed by atoms with van der Waals surface area (Å²) in [6.45, 7) is 2.01. The first-order chi connectivity index (χ1) is 14.0. The molecular weight excluding hydrogens is 358 g/mol. The van der Waals surface area contributed by atoms with E-state index in [0.29, 0.717) is 18.4 Å². The molecule has 0 amide bonds. The van der Waals surface area contributed by atoms with Crippen LogP contribution in [0.3, 0.4) is 0 Å². The van der Waals surface area contributed by atoms with E-state index in [1.54, 1.807) is 6.08 Å². The molecule has 1 atom stereocenters. The first kappa shape index (κ1) is 19.3. The summed E-state index contributed by atoms with van der Waals surface area (Å²) in [5, 5.41) is 0. The minimum atomic E-state index is -0.764. The molecule has 4 rings (SSSR count). The predicted octanol–water partition coefficient (Wildman–Crippen LogP) is 4.50. The Bertz CT molecular complexity index is 1070. The zero-order valence-electron chi connectivity index (χ0n) is 17.1. The van der Waals surface area contributed by atoms with Crippen molar-refractivity contribution in [2.75, 3.05) is 14.1 Å². The molecule has 0 saturated carbocycles. The molecule has 0 fully saturated rings. The molecule has 29 heavy (non-hydrogen) atoms. The number of Topliss-reactive ketones (excluding diaryl/α,β-unsaturated/α-hetero) is 2. The van der Waals surface area contributed by atoms with Gasteiger partial charge in [0, 0.05) is 5.57 Å². The lowest BCUT2D eigenvalue weighted by molar-refractivity contribution is -0.128. The molecule has 2 aliphatic carbocycles. The SMILES string of the molecule is CCC(Cc1ccccc1)(C(=O)C1=CC=C2C(=Cc3ccccc32)C1=O)N(C)C. The third-order valence-electron chi connectivity index (χ3n) is 6.19. The summed E-state index contributed by atoms with van der Waals surface area (Å²) >= 11 is 0. The van der Waals surface area contributed by atoms with Crippen molar-refractivity contribution in [3.63, 3.8) is 0 Å². The molecule has 0 saturated heterocycles. The summed E-state index contributed by atoms with van der Waals surface area (Å²) in [5.74, 6) is -0.276. The number of rotatable bonds is 6. The fraction of sp³-hybridized carbons (Fsp3) is 0.231. The van der Waals surface area contributed by atoms with Crippen LogP contribution in [-0.4, -0.2) is 36.1 Å². The van der Waals surface area contributed by atoms with Gasteiger partial charge in [-0.15, -0.1) is 0 Å². The molecule has 2 aromatic carbocycles. The van der Waals surface area contributed by atoms with E-state index in [2.05, 4.69) is 0 Å². The molecule has 0 spiro atoms. The van der Waals surface area contributed by atoms with Crippen molar-refractivity contribution in [1.82, 2.24) is 4.90 Å². The molecule has 2 aliphatic rings. The molecule has 2 aromatic rings. The summed E-state index contributed by atoms with van der Waals surface area (Å²) in [6.07, 6.45) is 6.73. The standard InChI is InChI=1S/C26H25NO2/c1-4-26(27(2)3,17-18-10-6-5-7-11-18)25(29)22-15-14-21-20-13-9-8-12-19(20)16-23(21)24(22)28/h5-16H,4,17H2,1-3H3. The van der Waals surface area contributed by atoms with Crippen LogP contribution in [0.1, 0.15) is 30.0 Å². The highest BCUT2D eigenvalue weighted by Gasteiger charge is 2.44. The maximum Gasteiger partial charge on any atom is 0.197 e. The predicted molar refractivity (Wildman–Crippen MR) is 117 cm³/mol. The average molecular weight is 383 g/mol. The molecule has 1 unspecified atom stereocenters. The van der Waals surface area contributed by atoms with E-state index in [1.807, 2.05) is 92.7 Å². The topological polar surface area (TPSA) is 37.4 Å². The van der Waals surface area contributed by atoms with E-state index in [4.69, 9.17) is 0 Å². The maximum atomic E-state index is 13.8. The lowest BCUT2D eigenvalue weighted by Gasteiger charge is -2.39. The van der Waals surface area contributed by atoms with Gasteiger partial charge >= 0.3 is 0 Å². The van der Waals surface area contributed by atoms with Crippen molar-refractivity contribution in [2.45, 2.75) is 25.3 Å². The van der Waals surface area contributed by atoms with E-state index in [-0.39, 0.29) is 17.1 Å². The first-order valence-electron chi connectivity index (χ1n) is 10.0. The van der Waals surface area contributed by atoms with Crippen molar-refractivity contribution in [3.8, 4) is 0 Å². The Morgan fingerprint density at radius 2 is 1.62 bits per heavy atom. The van der Waals surface area contributed by atoms with E-state index < -0.39 is 5.54 Å². The van der Waals surface area contributed by atoms with E-state index in [1.165, 1.54) is 0 Å². The van der Waals surface area contributed by atoms with Gasteiger partial charge in [0.25, 0.3) is 0 Å². The molecule has 0 aliphatic heterocycles. The lowest BCUT2D eigenvalue weighted by atomic mass is 9.76. The monoisotopic (exact) mass is 383 g/mol. The highest BCUT2D eigenvalue weighted by Crippen LogP contribution is 2.40. The second-order valence-electron chi connectivity index (χ2n) is 7.91. The Labute approximate surface area is 172 Å². The Morgan fingerprint density at radius 3 is 2.31 bits per heavy atom. The number of nitrogens with zero attached hydrogens (tertiary/aromatic N) is 1. The molecule has 0 aromatic heterocycles. The average Bonchev–Trinajstić information content (AvgIpc) is 3.12. The van der Waals surface area contributed by atoms with Crippen LogP contribution in [0.4, 0.5) is 0 Å². The fourth-order valence-corrected chi connectivity index (χ4v) is 4.41. The van der Waals surface area contributed by atoms with Crippen molar-refractivity contribution in [1.29, 1.82) is 0 Å². The Morgan fingerprint density at radius 1 is 0.931 bits per heavy atom. The number of carbonyl (C=O) groups is 2. The van der Waals surface area contributed by atoms with Gasteiger partial charge in [-0.3, -0.25) is 14.5 Å². The molecular formula is C26H25NO2. The number of carbonyl (C=O) groups excluding carboxylic acids is 2. The molecule has 3 heteroatoms. The molecule has 0 bridgehead atoms. The minimum absolute atomic E-state index is 0.106. The number of fused-ring (bicyclic) bond motifs is 3. The molecule has 146 valence electrons. The van der Waals surface area contributed by atoms with Gasteiger partial charge in [0.2, 0.25) is 0 Å². The van der Waals surface area contributed by atoms with Crippen LogP contribution in [0.15, 0.2) is 77.9 Å². The number of ketones is 2. The third-order valence-corrected chi connectivity index (χ3v) is 6.19. The normalized spacial score (nSPS) is 17.1. The van der Waals surface area contributed by atoms with Gasteiger partial charge in [-0.2, -0.15) is 0 Å². The zero-order valence-corrected chi connectivity index (χ0v) is 17.1. The van der Waals surface area contributed by atoms with Crippen LogP contribution in [0.5, 0.6) is 0 Å². The smallest absolute Gasteiger partial charge is 0.197 e. The molecule has 0 radical (unpaired) electrons. The zero-order chi connectivity index (χ0) is 20.6. The summed E-state index contributed by atoms with van der Waals surface area (Å²) in [7, 11) is 3.84. The second kappa shape index (κ2) is 7.41. The second-order valence-corrected chi connectivity index (χ2v) is 7.91. The van der Waals surface area contributed by atoms with Gasteiger partial charge in [-0.05, 0) is 61.4 Å². The minimum Gasteiger partial charge on any atom is -0.297 e. The molecule has 0 N–H and O–H groups in total. The van der Waals surface area contributed by atoms with Crippen molar-refractivity contribution in [3.05, 3.63) is 94.6 Å². The van der Waals surface area contributed by atoms with Crippen LogP contribution in [0, 0.1) is 0 Å². The quantitative estimate of drug-likeness (QED) is 0.690. The van der Waals surface area contributed by atoms with E-state index in [0.717, 1.165) is 22.3 Å². The molecule has 0 heterocycles. The van der Waals surface area contributed by atoms with Crippen LogP contribution in [0.2, 0.25) is 0 Å². The van der Waals surface area contributed by atoms with Gasteiger partial charge in [-0.1, -0.05) is 67.6 Å². The van der Waals surface area contributed by atoms with Gasteiger partial charge in [0.05, 0.1) is 11.1 Å². The number of allylic oxidation sites excluding steroid dienone is 4. The van der Waals surface area contributed by atoms with Gasteiger partial charge < -0.3 is 0 Å². The van der Waals surface area contributed by atoms with Gasteiger partial charge in [0.15, 0.2) is 11.6 Å². The van der Waals surface area contributed by atoms with Crippen LogP contribution in [0.25, 0.3) is 11.6 Å². The number of likely N-dealkylation sites (N-methyl/N-ethyl adjacent to an activating group) is 1. The lowest BCUT2D eigenvalue weighted by Crippen LogP contribution is -2.54. The Balaban J connectivity index is 1.74. The van der Waals surface area contributed by atoms with Gasteiger partial charge in [0.1, 0.15) is 0 Å². The molecule has 3 nitrogen and oxygen atoms in total. The Kier molecular flexibility index (Phi) is 4.93. The number of hydrogen-bond donors (Lipinski definition) is 0. The van der Waals surface area contributed by atoms with Gasteiger partial charge in [-0.25, -0.2) is 0 Å². The van der Waals surface area contributed by atoms with Crippen molar-refractivity contribution < 1.29 is 9.59 Å².